The monoisotopic (exact) mass is 332 g/mol. The Morgan fingerprint density at radius 1 is 1.40 bits per heavy atom. The van der Waals surface area contributed by atoms with Gasteiger partial charge in [-0.3, -0.25) is 4.57 Å². The number of nitrogens with zero attached hydrogens (tertiary/aromatic N) is 3. The molecule has 0 aliphatic rings. The highest BCUT2D eigenvalue weighted by Crippen LogP contribution is 2.22. The highest BCUT2D eigenvalue weighted by Gasteiger charge is 2.13. The number of halogens is 1. The van der Waals surface area contributed by atoms with Crippen molar-refractivity contribution in [3.63, 3.8) is 0 Å². The van der Waals surface area contributed by atoms with Crippen LogP contribution in [0, 0.1) is 11.3 Å². The molecule has 0 saturated carbocycles. The average molecular weight is 333 g/mol. The molecule has 2 rings (SSSR count). The van der Waals surface area contributed by atoms with Gasteiger partial charge in [-0.1, -0.05) is 22.0 Å². The summed E-state index contributed by atoms with van der Waals surface area (Å²) in [6.07, 6.45) is 3.45. The molecular weight excluding hydrogens is 316 g/mol. The molecule has 1 heterocycles. The fourth-order valence-electron chi connectivity index (χ4n) is 1.85. The Labute approximate surface area is 127 Å². The van der Waals surface area contributed by atoms with Crippen molar-refractivity contribution in [1.29, 1.82) is 5.26 Å². The van der Waals surface area contributed by atoms with Crippen LogP contribution in [0.25, 0.3) is 5.69 Å². The molecule has 0 spiro atoms. The highest BCUT2D eigenvalue weighted by molar-refractivity contribution is 9.10. The van der Waals surface area contributed by atoms with Crippen molar-refractivity contribution in [3.05, 3.63) is 46.5 Å². The average Bonchev–Trinajstić information content (AvgIpc) is 2.84. The largest absolute Gasteiger partial charge is 0.308 e. The molecule has 0 aliphatic carbocycles. The summed E-state index contributed by atoms with van der Waals surface area (Å²) in [7, 11) is 0. The van der Waals surface area contributed by atoms with Crippen molar-refractivity contribution in [1.82, 2.24) is 14.9 Å². The van der Waals surface area contributed by atoms with Crippen LogP contribution in [0.4, 0.5) is 0 Å². The van der Waals surface area contributed by atoms with E-state index in [0.717, 1.165) is 22.3 Å². The molecule has 1 N–H and O–H groups in total. The van der Waals surface area contributed by atoms with Gasteiger partial charge in [0.15, 0.2) is 0 Å². The second-order valence-electron chi connectivity index (χ2n) is 5.61. The van der Waals surface area contributed by atoms with Crippen LogP contribution in [0.2, 0.25) is 0 Å². The van der Waals surface area contributed by atoms with Crippen LogP contribution in [0.1, 0.15) is 32.2 Å². The zero-order valence-electron chi connectivity index (χ0n) is 11.8. The van der Waals surface area contributed by atoms with Gasteiger partial charge in [-0.25, -0.2) is 4.98 Å². The van der Waals surface area contributed by atoms with Crippen LogP contribution >= 0.6 is 15.9 Å². The van der Waals surface area contributed by atoms with E-state index in [0.29, 0.717) is 5.82 Å². The number of rotatable bonds is 3. The molecule has 104 valence electrons. The van der Waals surface area contributed by atoms with Crippen molar-refractivity contribution in [3.8, 4) is 11.8 Å². The normalized spacial score (nSPS) is 11.3. The summed E-state index contributed by atoms with van der Waals surface area (Å²) in [6.45, 7) is 7.12. The van der Waals surface area contributed by atoms with E-state index in [2.05, 4.69) is 59.1 Å². The lowest BCUT2D eigenvalue weighted by Crippen LogP contribution is -2.35. The molecule has 0 amide bonds. The van der Waals surface area contributed by atoms with Crippen molar-refractivity contribution >= 4 is 15.9 Å². The predicted octanol–water partition coefficient (Wildman–Crippen LogP) is 3.39. The number of imidazole rings is 1. The molecule has 1 aromatic carbocycles. The van der Waals surface area contributed by atoms with Crippen molar-refractivity contribution < 1.29 is 0 Å². The molecule has 0 fully saturated rings. The second kappa shape index (κ2) is 5.78. The molecular formula is C15H17BrN4. The van der Waals surface area contributed by atoms with Gasteiger partial charge in [-0.05, 0) is 38.5 Å². The van der Waals surface area contributed by atoms with Crippen LogP contribution in [0.5, 0.6) is 0 Å². The summed E-state index contributed by atoms with van der Waals surface area (Å²) in [5.74, 6) is 0.389. The molecule has 1 aromatic heterocycles. The van der Waals surface area contributed by atoms with E-state index in [1.807, 2.05) is 16.7 Å². The minimum absolute atomic E-state index is 0.0390. The Hall–Kier alpha value is -1.64. The van der Waals surface area contributed by atoms with Crippen LogP contribution in [-0.2, 0) is 6.54 Å². The first-order valence-corrected chi connectivity index (χ1v) is 7.17. The van der Waals surface area contributed by atoms with Gasteiger partial charge in [0.25, 0.3) is 0 Å². The number of benzene rings is 1. The Kier molecular flexibility index (Phi) is 4.26. The lowest BCUT2D eigenvalue weighted by atomic mass is 10.1. The minimum atomic E-state index is 0.0390. The number of nitriles is 1. The fourth-order valence-corrected chi connectivity index (χ4v) is 2.20. The van der Waals surface area contributed by atoms with Crippen LogP contribution < -0.4 is 5.32 Å². The summed E-state index contributed by atoms with van der Waals surface area (Å²) in [4.78, 5) is 4.06. The third-order valence-corrected chi connectivity index (χ3v) is 3.35. The molecule has 0 radical (unpaired) electrons. The number of hydrogen-bond acceptors (Lipinski definition) is 3. The Morgan fingerprint density at radius 2 is 2.15 bits per heavy atom. The third kappa shape index (κ3) is 3.47. The molecule has 5 heteroatoms. The maximum atomic E-state index is 9.13. The van der Waals surface area contributed by atoms with E-state index in [9.17, 15) is 0 Å². The van der Waals surface area contributed by atoms with Crippen molar-refractivity contribution in [2.75, 3.05) is 0 Å². The van der Waals surface area contributed by atoms with E-state index in [1.54, 1.807) is 12.4 Å². The smallest absolute Gasteiger partial charge is 0.217 e. The SMILES string of the molecule is CC(C)(C)NCc1ccc(Br)cc1-n1ccnc1C#N. The third-order valence-electron chi connectivity index (χ3n) is 2.86. The topological polar surface area (TPSA) is 53.6 Å². The molecule has 4 nitrogen and oxygen atoms in total. The van der Waals surface area contributed by atoms with Gasteiger partial charge < -0.3 is 5.32 Å². The second-order valence-corrected chi connectivity index (χ2v) is 6.52. The predicted molar refractivity (Wildman–Crippen MR) is 82.6 cm³/mol. The van der Waals surface area contributed by atoms with E-state index in [1.165, 1.54) is 0 Å². The number of hydrogen-bond donors (Lipinski definition) is 1. The van der Waals surface area contributed by atoms with E-state index >= 15 is 0 Å². The van der Waals surface area contributed by atoms with Gasteiger partial charge in [0, 0.05) is 29.0 Å². The first kappa shape index (κ1) is 14.8. The summed E-state index contributed by atoms with van der Waals surface area (Å²) >= 11 is 3.48. The molecule has 0 bridgehead atoms. The van der Waals surface area contributed by atoms with Crippen molar-refractivity contribution in [2.24, 2.45) is 0 Å². The summed E-state index contributed by atoms with van der Waals surface area (Å²) in [6, 6.07) is 8.17. The standard InChI is InChI=1S/C15H17BrN4/c1-15(2,3)19-10-11-4-5-12(16)8-13(11)20-7-6-18-14(20)9-17/h4-8,19H,10H2,1-3H3. The first-order chi connectivity index (χ1) is 9.40. The minimum Gasteiger partial charge on any atom is -0.308 e. The molecule has 0 atom stereocenters. The fraction of sp³-hybridized carbons (Fsp3) is 0.333. The van der Waals surface area contributed by atoms with E-state index in [4.69, 9.17) is 5.26 Å². The highest BCUT2D eigenvalue weighted by atomic mass is 79.9. The Morgan fingerprint density at radius 3 is 2.80 bits per heavy atom. The van der Waals surface area contributed by atoms with E-state index in [-0.39, 0.29) is 5.54 Å². The van der Waals surface area contributed by atoms with Gasteiger partial charge in [0.1, 0.15) is 6.07 Å². The maximum absolute atomic E-state index is 9.13. The van der Waals surface area contributed by atoms with Gasteiger partial charge in [-0.2, -0.15) is 5.26 Å². The van der Waals surface area contributed by atoms with Crippen LogP contribution in [-0.4, -0.2) is 15.1 Å². The molecule has 20 heavy (non-hydrogen) atoms. The Balaban J connectivity index is 2.42. The quantitative estimate of drug-likeness (QED) is 0.937. The summed E-state index contributed by atoms with van der Waals surface area (Å²) in [5, 5.41) is 12.6. The molecule has 0 aliphatic heterocycles. The van der Waals surface area contributed by atoms with Crippen LogP contribution in [0.15, 0.2) is 35.1 Å². The molecule has 0 unspecified atom stereocenters. The van der Waals surface area contributed by atoms with E-state index < -0.39 is 0 Å². The number of nitrogens with one attached hydrogen (secondary N) is 1. The Bertz CT molecular complexity index is 647. The maximum Gasteiger partial charge on any atom is 0.217 e. The lowest BCUT2D eigenvalue weighted by molar-refractivity contribution is 0.424. The van der Waals surface area contributed by atoms with Gasteiger partial charge in [0.2, 0.25) is 5.82 Å². The van der Waals surface area contributed by atoms with Crippen LogP contribution in [0.3, 0.4) is 0 Å². The lowest BCUT2D eigenvalue weighted by Gasteiger charge is -2.22. The van der Waals surface area contributed by atoms with Gasteiger partial charge in [0.05, 0.1) is 5.69 Å². The number of aromatic nitrogens is 2. The zero-order valence-corrected chi connectivity index (χ0v) is 13.4. The first-order valence-electron chi connectivity index (χ1n) is 6.38. The molecule has 0 saturated heterocycles. The van der Waals surface area contributed by atoms with Crippen molar-refractivity contribution in [2.45, 2.75) is 32.9 Å². The summed E-state index contributed by atoms with van der Waals surface area (Å²) in [5.41, 5.74) is 2.12. The zero-order chi connectivity index (χ0) is 14.8. The summed E-state index contributed by atoms with van der Waals surface area (Å²) < 4.78 is 2.79. The molecule has 2 aromatic rings. The van der Waals surface area contributed by atoms with Gasteiger partial charge >= 0.3 is 0 Å². The van der Waals surface area contributed by atoms with Gasteiger partial charge in [-0.15, -0.1) is 0 Å².